The summed E-state index contributed by atoms with van der Waals surface area (Å²) in [5, 5.41) is 7.52. The summed E-state index contributed by atoms with van der Waals surface area (Å²) in [7, 11) is 0. The fourth-order valence-electron chi connectivity index (χ4n) is 2.65. The van der Waals surface area contributed by atoms with Crippen LogP contribution < -0.4 is 5.32 Å². The monoisotopic (exact) mass is 265 g/mol. The van der Waals surface area contributed by atoms with Gasteiger partial charge in [-0.15, -0.1) is 0 Å². The molecule has 1 saturated heterocycles. The molecule has 19 heavy (non-hydrogen) atoms. The number of likely N-dealkylation sites (tertiary alicyclic amines) is 1. The summed E-state index contributed by atoms with van der Waals surface area (Å²) in [4.78, 5) is 2.47. The van der Waals surface area contributed by atoms with Gasteiger partial charge >= 0.3 is 0 Å². The molecule has 108 valence electrons. The predicted octanol–water partition coefficient (Wildman–Crippen LogP) is 2.65. The van der Waals surface area contributed by atoms with Crippen molar-refractivity contribution in [2.24, 2.45) is 11.8 Å². The predicted molar refractivity (Wildman–Crippen MR) is 76.7 cm³/mol. The molecule has 2 rings (SSSR count). The first kappa shape index (κ1) is 14.5. The molecule has 0 saturated carbocycles. The number of nitrogens with one attached hydrogen (secondary N) is 1. The van der Waals surface area contributed by atoms with E-state index in [1.54, 1.807) is 0 Å². The van der Waals surface area contributed by atoms with E-state index in [0.29, 0.717) is 5.92 Å². The van der Waals surface area contributed by atoms with Crippen molar-refractivity contribution in [3.8, 4) is 0 Å². The van der Waals surface area contributed by atoms with Crippen molar-refractivity contribution >= 4 is 0 Å². The third-order valence-electron chi connectivity index (χ3n) is 3.59. The SMILES string of the molecule is CC(C)CNCc1cc(CN2CCCC(C)C2)on1. The van der Waals surface area contributed by atoms with Crippen molar-refractivity contribution in [2.75, 3.05) is 19.6 Å². The van der Waals surface area contributed by atoms with Gasteiger partial charge < -0.3 is 9.84 Å². The maximum Gasteiger partial charge on any atom is 0.151 e. The second-order valence-corrected chi connectivity index (χ2v) is 6.29. The molecular formula is C15H27N3O. The Morgan fingerprint density at radius 1 is 1.53 bits per heavy atom. The summed E-state index contributed by atoms with van der Waals surface area (Å²) >= 11 is 0. The number of piperidine rings is 1. The fraction of sp³-hybridized carbons (Fsp3) is 0.800. The van der Waals surface area contributed by atoms with Gasteiger partial charge in [0.15, 0.2) is 5.76 Å². The van der Waals surface area contributed by atoms with Gasteiger partial charge in [-0.2, -0.15) is 0 Å². The van der Waals surface area contributed by atoms with Gasteiger partial charge in [0, 0.05) is 19.2 Å². The minimum Gasteiger partial charge on any atom is -0.360 e. The number of rotatable bonds is 6. The van der Waals surface area contributed by atoms with Gasteiger partial charge in [0.05, 0.1) is 12.2 Å². The largest absolute Gasteiger partial charge is 0.360 e. The van der Waals surface area contributed by atoms with Crippen LogP contribution in [0.15, 0.2) is 10.6 Å². The van der Waals surface area contributed by atoms with Crippen molar-refractivity contribution in [3.05, 3.63) is 17.5 Å². The molecule has 0 spiro atoms. The van der Waals surface area contributed by atoms with E-state index in [1.165, 1.54) is 25.9 Å². The van der Waals surface area contributed by atoms with Crippen LogP contribution in [0.25, 0.3) is 0 Å². The minimum atomic E-state index is 0.668. The third kappa shape index (κ3) is 4.96. The molecule has 0 aromatic carbocycles. The molecular weight excluding hydrogens is 238 g/mol. The van der Waals surface area contributed by atoms with Crippen LogP contribution in [0.4, 0.5) is 0 Å². The van der Waals surface area contributed by atoms with Gasteiger partial charge in [0.2, 0.25) is 0 Å². The molecule has 1 N–H and O–H groups in total. The third-order valence-corrected chi connectivity index (χ3v) is 3.59. The molecule has 0 aliphatic carbocycles. The van der Waals surface area contributed by atoms with Crippen molar-refractivity contribution in [1.29, 1.82) is 0 Å². The summed E-state index contributed by atoms with van der Waals surface area (Å²) in [5.74, 6) is 2.47. The lowest BCUT2D eigenvalue weighted by atomic mass is 10.0. The van der Waals surface area contributed by atoms with Crippen LogP contribution in [0.5, 0.6) is 0 Å². The fourth-order valence-corrected chi connectivity index (χ4v) is 2.65. The normalized spacial score (nSPS) is 21.2. The van der Waals surface area contributed by atoms with Crippen LogP contribution in [0.3, 0.4) is 0 Å². The van der Waals surface area contributed by atoms with E-state index in [-0.39, 0.29) is 0 Å². The Morgan fingerprint density at radius 3 is 3.11 bits per heavy atom. The topological polar surface area (TPSA) is 41.3 Å². The first-order valence-corrected chi connectivity index (χ1v) is 7.51. The van der Waals surface area contributed by atoms with Crippen molar-refractivity contribution in [3.63, 3.8) is 0 Å². The van der Waals surface area contributed by atoms with E-state index in [0.717, 1.165) is 37.0 Å². The lowest BCUT2D eigenvalue weighted by molar-refractivity contribution is 0.160. The molecule has 1 atom stereocenters. The maximum absolute atomic E-state index is 5.43. The van der Waals surface area contributed by atoms with Crippen LogP contribution in [0.1, 0.15) is 45.1 Å². The van der Waals surface area contributed by atoms with Crippen LogP contribution in [-0.4, -0.2) is 29.7 Å². The molecule has 2 heterocycles. The van der Waals surface area contributed by atoms with Crippen molar-refractivity contribution in [2.45, 2.75) is 46.7 Å². The van der Waals surface area contributed by atoms with Gasteiger partial charge in [0.25, 0.3) is 0 Å². The Kier molecular flexibility index (Phi) is 5.40. The molecule has 0 bridgehead atoms. The Labute approximate surface area is 116 Å². The van der Waals surface area contributed by atoms with E-state index in [1.807, 2.05) is 0 Å². The first-order chi connectivity index (χ1) is 9.13. The zero-order valence-corrected chi connectivity index (χ0v) is 12.5. The summed E-state index contributed by atoms with van der Waals surface area (Å²) in [6, 6.07) is 2.09. The van der Waals surface area contributed by atoms with Gasteiger partial charge in [0.1, 0.15) is 0 Å². The second-order valence-electron chi connectivity index (χ2n) is 6.29. The van der Waals surface area contributed by atoms with E-state index in [2.05, 4.69) is 42.2 Å². The number of nitrogens with zero attached hydrogens (tertiary/aromatic N) is 2. The van der Waals surface area contributed by atoms with Crippen LogP contribution in [0, 0.1) is 11.8 Å². The average molecular weight is 265 g/mol. The highest BCUT2D eigenvalue weighted by Gasteiger charge is 2.17. The molecule has 1 aromatic heterocycles. The molecule has 0 amide bonds. The van der Waals surface area contributed by atoms with Crippen LogP contribution in [-0.2, 0) is 13.1 Å². The smallest absolute Gasteiger partial charge is 0.151 e. The molecule has 4 heteroatoms. The van der Waals surface area contributed by atoms with Crippen molar-refractivity contribution in [1.82, 2.24) is 15.4 Å². The molecule has 1 fully saturated rings. The average Bonchev–Trinajstić information content (AvgIpc) is 2.76. The Morgan fingerprint density at radius 2 is 2.37 bits per heavy atom. The van der Waals surface area contributed by atoms with E-state index in [9.17, 15) is 0 Å². The Bertz CT molecular complexity index is 375. The highest BCUT2D eigenvalue weighted by molar-refractivity contribution is 5.05. The number of hydrogen-bond donors (Lipinski definition) is 1. The zero-order valence-electron chi connectivity index (χ0n) is 12.5. The summed E-state index contributed by atoms with van der Waals surface area (Å²) in [6.45, 7) is 11.8. The van der Waals surface area contributed by atoms with Gasteiger partial charge in [-0.1, -0.05) is 25.9 Å². The molecule has 1 aromatic rings. The molecule has 4 nitrogen and oxygen atoms in total. The second kappa shape index (κ2) is 7.06. The van der Waals surface area contributed by atoms with Crippen LogP contribution >= 0.6 is 0 Å². The summed E-state index contributed by atoms with van der Waals surface area (Å²) < 4.78 is 5.43. The Balaban J connectivity index is 1.77. The van der Waals surface area contributed by atoms with Gasteiger partial charge in [-0.05, 0) is 37.8 Å². The van der Waals surface area contributed by atoms with Gasteiger partial charge in [-0.25, -0.2) is 0 Å². The standard InChI is InChI=1S/C15H27N3O/c1-12(2)8-16-9-14-7-15(19-17-14)11-18-6-4-5-13(3)10-18/h7,12-13,16H,4-6,8-11H2,1-3H3. The summed E-state index contributed by atoms with van der Waals surface area (Å²) in [5.41, 5.74) is 1.01. The quantitative estimate of drug-likeness (QED) is 0.858. The van der Waals surface area contributed by atoms with E-state index in [4.69, 9.17) is 4.52 Å². The number of hydrogen-bond acceptors (Lipinski definition) is 4. The molecule has 1 aliphatic heterocycles. The lowest BCUT2D eigenvalue weighted by Gasteiger charge is -2.29. The zero-order chi connectivity index (χ0) is 13.7. The van der Waals surface area contributed by atoms with Gasteiger partial charge in [-0.3, -0.25) is 4.90 Å². The maximum atomic E-state index is 5.43. The Hall–Kier alpha value is -0.870. The summed E-state index contributed by atoms with van der Waals surface area (Å²) in [6.07, 6.45) is 2.66. The van der Waals surface area contributed by atoms with Crippen LogP contribution in [0.2, 0.25) is 0 Å². The van der Waals surface area contributed by atoms with Crippen molar-refractivity contribution < 1.29 is 4.52 Å². The highest BCUT2D eigenvalue weighted by Crippen LogP contribution is 2.18. The number of aromatic nitrogens is 1. The molecule has 1 aliphatic rings. The first-order valence-electron chi connectivity index (χ1n) is 7.51. The molecule has 0 radical (unpaired) electrons. The van der Waals surface area contributed by atoms with E-state index < -0.39 is 0 Å². The van der Waals surface area contributed by atoms with E-state index >= 15 is 0 Å². The molecule has 1 unspecified atom stereocenters. The highest BCUT2D eigenvalue weighted by atomic mass is 16.5. The lowest BCUT2D eigenvalue weighted by Crippen LogP contribution is -2.33. The minimum absolute atomic E-state index is 0.668.